The molecule has 0 amide bonds. The van der Waals surface area contributed by atoms with Crippen LogP contribution in [-0.2, 0) is 10.0 Å². The van der Waals surface area contributed by atoms with Gasteiger partial charge in [0.2, 0.25) is 16.0 Å². The van der Waals surface area contributed by atoms with Gasteiger partial charge in [0.15, 0.2) is 4.96 Å². The Morgan fingerprint density at radius 3 is 2.75 bits per heavy atom. The summed E-state index contributed by atoms with van der Waals surface area (Å²) in [5.41, 5.74) is 9.81. The summed E-state index contributed by atoms with van der Waals surface area (Å²) in [4.78, 5) is 14.5. The molecule has 0 unspecified atom stereocenters. The number of hydrogen-bond donors (Lipinski definition) is 3. The summed E-state index contributed by atoms with van der Waals surface area (Å²) in [5, 5.41) is 5.09. The largest absolute Gasteiger partial charge is 0.399 e. The first-order chi connectivity index (χ1) is 17.4. The highest BCUT2D eigenvalue weighted by Crippen LogP contribution is 2.34. The normalized spacial score (nSPS) is 11.7. The van der Waals surface area contributed by atoms with Gasteiger partial charge >= 0.3 is 0 Å². The molecule has 5 rings (SSSR count). The second-order valence-corrected chi connectivity index (χ2v) is 10.5. The second kappa shape index (κ2) is 10.0. The van der Waals surface area contributed by atoms with Crippen molar-refractivity contribution in [1.82, 2.24) is 24.1 Å². The molecule has 0 fully saturated rings. The van der Waals surface area contributed by atoms with E-state index in [4.69, 9.17) is 10.7 Å². The Morgan fingerprint density at radius 1 is 1.06 bits per heavy atom. The predicted octanol–water partition coefficient (Wildman–Crippen LogP) is 4.02. The van der Waals surface area contributed by atoms with Gasteiger partial charge in [-0.1, -0.05) is 18.2 Å². The van der Waals surface area contributed by atoms with Crippen molar-refractivity contribution in [3.63, 3.8) is 0 Å². The SMILES string of the molecule is Nc1cccc(-c2nc3sccn3c2-c2ccnc(NCCCNS(=O)(=O)c3cccc(F)c3)n2)c1. The maximum Gasteiger partial charge on any atom is 0.240 e. The van der Waals surface area contributed by atoms with Crippen LogP contribution in [0.3, 0.4) is 0 Å². The molecule has 5 aromatic rings. The van der Waals surface area contributed by atoms with Crippen molar-refractivity contribution in [2.24, 2.45) is 0 Å². The minimum Gasteiger partial charge on any atom is -0.399 e. The summed E-state index contributed by atoms with van der Waals surface area (Å²) >= 11 is 1.53. The molecule has 0 saturated heterocycles. The maximum absolute atomic E-state index is 13.3. The monoisotopic (exact) mass is 523 g/mol. The summed E-state index contributed by atoms with van der Waals surface area (Å²) < 4.78 is 42.4. The Labute approximate surface area is 210 Å². The molecule has 3 aromatic heterocycles. The number of rotatable bonds is 9. The number of anilines is 2. The van der Waals surface area contributed by atoms with Crippen LogP contribution < -0.4 is 15.8 Å². The summed E-state index contributed by atoms with van der Waals surface area (Å²) in [7, 11) is -3.78. The van der Waals surface area contributed by atoms with Gasteiger partial charge in [-0.25, -0.2) is 32.5 Å². The van der Waals surface area contributed by atoms with Gasteiger partial charge in [-0.2, -0.15) is 0 Å². The first-order valence-electron chi connectivity index (χ1n) is 11.0. The van der Waals surface area contributed by atoms with Gasteiger partial charge in [-0.15, -0.1) is 11.3 Å². The zero-order valence-electron chi connectivity index (χ0n) is 18.9. The summed E-state index contributed by atoms with van der Waals surface area (Å²) in [6.45, 7) is 0.598. The molecular formula is C24H22FN7O2S2. The number of aromatic nitrogens is 4. The average molecular weight is 524 g/mol. The molecule has 0 aliphatic carbocycles. The number of nitrogens with two attached hydrogens (primary N) is 1. The van der Waals surface area contributed by atoms with E-state index in [0.717, 1.165) is 28.0 Å². The molecule has 9 nitrogen and oxygen atoms in total. The smallest absolute Gasteiger partial charge is 0.240 e. The van der Waals surface area contributed by atoms with Crippen molar-refractivity contribution in [2.45, 2.75) is 11.3 Å². The molecule has 36 heavy (non-hydrogen) atoms. The highest BCUT2D eigenvalue weighted by Gasteiger charge is 2.19. The second-order valence-electron chi connectivity index (χ2n) is 7.89. The Kier molecular flexibility index (Phi) is 6.63. The predicted molar refractivity (Wildman–Crippen MR) is 139 cm³/mol. The fourth-order valence-corrected chi connectivity index (χ4v) is 5.53. The van der Waals surface area contributed by atoms with Gasteiger partial charge in [-0.05, 0) is 42.8 Å². The zero-order valence-corrected chi connectivity index (χ0v) is 20.6. The molecule has 3 heterocycles. The summed E-state index contributed by atoms with van der Waals surface area (Å²) in [5.74, 6) is -0.197. The van der Waals surface area contributed by atoms with Crippen LogP contribution in [0.15, 0.2) is 77.3 Å². The van der Waals surface area contributed by atoms with Crippen LogP contribution in [0.4, 0.5) is 16.0 Å². The van der Waals surface area contributed by atoms with E-state index in [-0.39, 0.29) is 11.4 Å². The van der Waals surface area contributed by atoms with E-state index in [0.29, 0.717) is 30.3 Å². The first kappa shape index (κ1) is 23.9. The minimum absolute atomic E-state index is 0.108. The lowest BCUT2D eigenvalue weighted by molar-refractivity contribution is 0.576. The van der Waals surface area contributed by atoms with Crippen LogP contribution in [0.5, 0.6) is 0 Å². The number of imidazole rings is 1. The maximum atomic E-state index is 13.3. The van der Waals surface area contributed by atoms with Crippen LogP contribution in [0.2, 0.25) is 0 Å². The molecule has 0 atom stereocenters. The number of nitrogen functional groups attached to an aromatic ring is 1. The molecule has 0 bridgehead atoms. The summed E-state index contributed by atoms with van der Waals surface area (Å²) in [6.07, 6.45) is 4.07. The van der Waals surface area contributed by atoms with Crippen molar-refractivity contribution in [3.05, 3.63) is 78.2 Å². The molecule has 0 aliphatic heterocycles. The number of nitrogens with one attached hydrogen (secondary N) is 2. The van der Waals surface area contributed by atoms with E-state index in [9.17, 15) is 12.8 Å². The topological polar surface area (TPSA) is 127 Å². The fraction of sp³-hybridized carbons (Fsp3) is 0.125. The molecule has 2 aromatic carbocycles. The Bertz CT molecular complexity index is 1630. The van der Waals surface area contributed by atoms with Crippen LogP contribution in [-0.4, -0.2) is 40.9 Å². The molecule has 0 saturated carbocycles. The van der Waals surface area contributed by atoms with E-state index in [1.807, 2.05) is 46.3 Å². The quantitative estimate of drug-likeness (QED) is 0.197. The zero-order chi connectivity index (χ0) is 25.1. The lowest BCUT2D eigenvalue weighted by Crippen LogP contribution is -2.26. The highest BCUT2D eigenvalue weighted by molar-refractivity contribution is 7.89. The van der Waals surface area contributed by atoms with E-state index in [2.05, 4.69) is 20.0 Å². The molecule has 184 valence electrons. The van der Waals surface area contributed by atoms with Crippen molar-refractivity contribution < 1.29 is 12.8 Å². The average Bonchev–Trinajstić information content (AvgIpc) is 3.45. The fourth-order valence-electron chi connectivity index (χ4n) is 3.71. The third kappa shape index (κ3) is 5.05. The number of hydrogen-bond acceptors (Lipinski definition) is 8. The van der Waals surface area contributed by atoms with Gasteiger partial charge in [0.25, 0.3) is 0 Å². The highest BCUT2D eigenvalue weighted by atomic mass is 32.2. The number of sulfonamides is 1. The van der Waals surface area contributed by atoms with Gasteiger partial charge in [-0.3, -0.25) is 4.40 Å². The Morgan fingerprint density at radius 2 is 1.92 bits per heavy atom. The van der Waals surface area contributed by atoms with E-state index in [1.165, 1.54) is 29.5 Å². The molecule has 0 spiro atoms. The molecule has 12 heteroatoms. The van der Waals surface area contributed by atoms with Gasteiger partial charge in [0, 0.05) is 42.1 Å². The lowest BCUT2D eigenvalue weighted by Gasteiger charge is -2.09. The number of benzene rings is 2. The Hall–Kier alpha value is -3.87. The molecule has 0 aliphatic rings. The number of halogens is 1. The van der Waals surface area contributed by atoms with Crippen molar-refractivity contribution in [1.29, 1.82) is 0 Å². The number of thiazole rings is 1. The number of nitrogens with zero attached hydrogens (tertiary/aromatic N) is 4. The van der Waals surface area contributed by atoms with Crippen molar-refractivity contribution in [3.8, 4) is 22.6 Å². The van der Waals surface area contributed by atoms with Crippen LogP contribution in [0.1, 0.15) is 6.42 Å². The Balaban J connectivity index is 1.28. The lowest BCUT2D eigenvalue weighted by atomic mass is 10.1. The van der Waals surface area contributed by atoms with Crippen LogP contribution in [0, 0.1) is 5.82 Å². The van der Waals surface area contributed by atoms with E-state index >= 15 is 0 Å². The minimum atomic E-state index is -3.78. The van der Waals surface area contributed by atoms with Crippen LogP contribution >= 0.6 is 11.3 Å². The van der Waals surface area contributed by atoms with E-state index < -0.39 is 15.8 Å². The molecule has 0 radical (unpaired) electrons. The first-order valence-corrected chi connectivity index (χ1v) is 13.4. The van der Waals surface area contributed by atoms with Crippen LogP contribution in [0.25, 0.3) is 27.6 Å². The van der Waals surface area contributed by atoms with Gasteiger partial charge in [0.1, 0.15) is 11.5 Å². The van der Waals surface area contributed by atoms with Gasteiger partial charge < -0.3 is 11.1 Å². The molecule has 4 N–H and O–H groups in total. The van der Waals surface area contributed by atoms with Crippen molar-refractivity contribution in [2.75, 3.05) is 24.1 Å². The number of fused-ring (bicyclic) bond motifs is 1. The van der Waals surface area contributed by atoms with Crippen molar-refractivity contribution >= 4 is 38.0 Å². The summed E-state index contributed by atoms with van der Waals surface area (Å²) in [6, 6.07) is 14.2. The third-order valence-corrected chi connectivity index (χ3v) is 7.57. The van der Waals surface area contributed by atoms with Gasteiger partial charge in [0.05, 0.1) is 16.3 Å². The third-order valence-electron chi connectivity index (χ3n) is 5.36. The van der Waals surface area contributed by atoms with E-state index in [1.54, 1.807) is 6.20 Å². The standard InChI is InChI=1S/C24H22FN7O2S2/c25-17-5-2-7-19(15-17)36(33,34)29-10-3-9-27-23-28-11-8-20(30-23)22-21(16-4-1-6-18(26)14-16)31-24-32(22)12-13-35-24/h1-2,4-8,11-15,29H,3,9-10,26H2,(H,27,28,30). The molecular weight excluding hydrogens is 501 g/mol.